The molecule has 0 radical (unpaired) electrons. The monoisotopic (exact) mass is 486 g/mol. The minimum absolute atomic E-state index is 0.357. The highest BCUT2D eigenvalue weighted by atomic mass is 16.6. The molecule has 0 aromatic carbocycles. The van der Waals surface area contributed by atoms with E-state index in [1.54, 1.807) is 13.8 Å². The molecule has 0 amide bonds. The number of esters is 2. The van der Waals surface area contributed by atoms with E-state index in [4.69, 9.17) is 14.2 Å². The van der Waals surface area contributed by atoms with Gasteiger partial charge in [-0.1, -0.05) is 85.5 Å². The van der Waals surface area contributed by atoms with Crippen LogP contribution < -0.4 is 0 Å². The summed E-state index contributed by atoms with van der Waals surface area (Å²) >= 11 is 0. The average Bonchev–Trinajstić information content (AvgIpc) is 2.83. The topological polar surface area (TPSA) is 82.1 Å². The number of unbranched alkanes of at least 4 members (excludes halogenated alkanes) is 9. The first-order valence-electron chi connectivity index (χ1n) is 13.4. The van der Waals surface area contributed by atoms with E-state index < -0.39 is 28.5 Å². The summed E-state index contributed by atoms with van der Waals surface area (Å²) in [7, 11) is 2.81. The SMILES string of the molecule is CCCCCCCCCCCCOC(=O)C(C)(CCC(C)(C)C(O)OC)C(C)(CC)C(=O)OC. The molecule has 0 saturated carbocycles. The van der Waals surface area contributed by atoms with Crippen molar-refractivity contribution in [3.63, 3.8) is 0 Å². The largest absolute Gasteiger partial charge is 0.469 e. The van der Waals surface area contributed by atoms with Crippen molar-refractivity contribution in [2.24, 2.45) is 16.2 Å². The standard InChI is InChI=1S/C28H54O6/c1-9-11-12-13-14-15-16-17-18-19-22-34-25(31)28(6,27(5,10-2)24(30)33-8)21-20-26(3,4)23(29)32-7/h23,29H,9-22H2,1-8H3. The molecule has 0 aromatic heterocycles. The van der Waals surface area contributed by atoms with Crippen LogP contribution in [-0.2, 0) is 23.8 Å². The molecule has 3 unspecified atom stereocenters. The normalized spacial score (nSPS) is 16.4. The predicted molar refractivity (Wildman–Crippen MR) is 137 cm³/mol. The Balaban J connectivity index is 4.95. The van der Waals surface area contributed by atoms with Crippen LogP contribution in [0.25, 0.3) is 0 Å². The lowest BCUT2D eigenvalue weighted by molar-refractivity contribution is -0.182. The van der Waals surface area contributed by atoms with Crippen LogP contribution in [0, 0.1) is 16.2 Å². The number of carbonyl (C=O) groups is 2. The van der Waals surface area contributed by atoms with E-state index in [1.807, 2.05) is 20.8 Å². The lowest BCUT2D eigenvalue weighted by atomic mass is 9.60. The van der Waals surface area contributed by atoms with Gasteiger partial charge in [-0.3, -0.25) is 9.59 Å². The number of aliphatic hydroxyl groups excluding tert-OH is 1. The number of rotatable bonds is 20. The molecular formula is C28H54O6. The minimum atomic E-state index is -1.09. The third kappa shape index (κ3) is 9.85. The molecule has 6 heteroatoms. The number of ether oxygens (including phenoxy) is 3. The van der Waals surface area contributed by atoms with E-state index in [9.17, 15) is 14.7 Å². The van der Waals surface area contributed by atoms with Crippen LogP contribution in [0.5, 0.6) is 0 Å². The summed E-state index contributed by atoms with van der Waals surface area (Å²) in [4.78, 5) is 26.2. The molecule has 0 aliphatic rings. The first-order valence-corrected chi connectivity index (χ1v) is 13.4. The molecular weight excluding hydrogens is 432 g/mol. The molecule has 0 aliphatic heterocycles. The van der Waals surface area contributed by atoms with Crippen LogP contribution in [0.15, 0.2) is 0 Å². The molecule has 1 N–H and O–H groups in total. The summed E-state index contributed by atoms with van der Waals surface area (Å²) in [6, 6.07) is 0. The Morgan fingerprint density at radius 3 is 1.68 bits per heavy atom. The van der Waals surface area contributed by atoms with Gasteiger partial charge in [-0.05, 0) is 39.5 Å². The Labute approximate surface area is 209 Å². The van der Waals surface area contributed by atoms with E-state index in [0.29, 0.717) is 25.9 Å². The highest BCUT2D eigenvalue weighted by Gasteiger charge is 2.56. The van der Waals surface area contributed by atoms with Gasteiger partial charge in [-0.2, -0.15) is 0 Å². The fourth-order valence-electron chi connectivity index (χ4n) is 4.52. The van der Waals surface area contributed by atoms with E-state index in [0.717, 1.165) is 19.3 Å². The second kappa shape index (κ2) is 16.5. The van der Waals surface area contributed by atoms with Crippen LogP contribution >= 0.6 is 0 Å². The van der Waals surface area contributed by atoms with Crippen molar-refractivity contribution < 1.29 is 28.9 Å². The minimum Gasteiger partial charge on any atom is -0.469 e. The molecule has 0 heterocycles. The summed E-state index contributed by atoms with van der Waals surface area (Å²) in [5.41, 5.74) is -2.71. The Bertz CT molecular complexity index is 575. The van der Waals surface area contributed by atoms with Crippen LogP contribution in [0.3, 0.4) is 0 Å². The van der Waals surface area contributed by atoms with Crippen LogP contribution in [0.4, 0.5) is 0 Å². The molecule has 202 valence electrons. The maximum absolute atomic E-state index is 13.4. The number of methoxy groups -OCH3 is 2. The van der Waals surface area contributed by atoms with Gasteiger partial charge in [0.1, 0.15) is 0 Å². The molecule has 0 rings (SSSR count). The van der Waals surface area contributed by atoms with Gasteiger partial charge in [0.25, 0.3) is 0 Å². The van der Waals surface area contributed by atoms with Gasteiger partial charge < -0.3 is 19.3 Å². The van der Waals surface area contributed by atoms with Crippen molar-refractivity contribution in [1.29, 1.82) is 0 Å². The van der Waals surface area contributed by atoms with Gasteiger partial charge in [0.15, 0.2) is 6.29 Å². The Kier molecular flexibility index (Phi) is 16.0. The Morgan fingerprint density at radius 2 is 1.24 bits per heavy atom. The molecule has 0 spiro atoms. The molecule has 6 nitrogen and oxygen atoms in total. The number of carbonyl (C=O) groups excluding carboxylic acids is 2. The highest BCUT2D eigenvalue weighted by molar-refractivity contribution is 5.87. The van der Waals surface area contributed by atoms with Gasteiger partial charge in [0, 0.05) is 12.5 Å². The number of aliphatic hydroxyl groups is 1. The van der Waals surface area contributed by atoms with Gasteiger partial charge in [-0.25, -0.2) is 0 Å². The van der Waals surface area contributed by atoms with Crippen molar-refractivity contribution in [1.82, 2.24) is 0 Å². The zero-order chi connectivity index (χ0) is 26.3. The third-order valence-corrected chi connectivity index (χ3v) is 7.90. The number of hydrogen-bond donors (Lipinski definition) is 1. The van der Waals surface area contributed by atoms with Gasteiger partial charge in [0.2, 0.25) is 0 Å². The molecule has 0 aliphatic carbocycles. The van der Waals surface area contributed by atoms with Gasteiger partial charge in [0.05, 0.1) is 24.5 Å². The molecule has 0 aromatic rings. The van der Waals surface area contributed by atoms with Crippen LogP contribution in [-0.4, -0.2) is 44.2 Å². The molecule has 0 fully saturated rings. The first-order chi connectivity index (χ1) is 16.0. The molecule has 34 heavy (non-hydrogen) atoms. The average molecular weight is 487 g/mol. The van der Waals surface area contributed by atoms with Crippen molar-refractivity contribution in [3.05, 3.63) is 0 Å². The zero-order valence-electron chi connectivity index (χ0n) is 23.5. The van der Waals surface area contributed by atoms with Crippen molar-refractivity contribution in [2.45, 2.75) is 131 Å². The molecule has 3 atom stereocenters. The van der Waals surface area contributed by atoms with Crippen molar-refractivity contribution in [2.75, 3.05) is 20.8 Å². The fraction of sp³-hybridized carbons (Fsp3) is 0.929. The van der Waals surface area contributed by atoms with E-state index >= 15 is 0 Å². The summed E-state index contributed by atoms with van der Waals surface area (Å²) in [5, 5.41) is 10.2. The Hall–Kier alpha value is -1.14. The summed E-state index contributed by atoms with van der Waals surface area (Å²) in [6.45, 7) is 11.8. The van der Waals surface area contributed by atoms with E-state index in [2.05, 4.69) is 6.92 Å². The van der Waals surface area contributed by atoms with E-state index in [-0.39, 0.29) is 5.97 Å². The van der Waals surface area contributed by atoms with Crippen LogP contribution in [0.2, 0.25) is 0 Å². The predicted octanol–water partition coefficient (Wildman–Crippen LogP) is 6.82. The van der Waals surface area contributed by atoms with Gasteiger partial charge in [-0.15, -0.1) is 0 Å². The zero-order valence-corrected chi connectivity index (χ0v) is 23.5. The molecule has 0 bridgehead atoms. The lowest BCUT2D eigenvalue weighted by Gasteiger charge is -2.43. The fourth-order valence-corrected chi connectivity index (χ4v) is 4.52. The maximum Gasteiger partial charge on any atom is 0.312 e. The lowest BCUT2D eigenvalue weighted by Crippen LogP contribution is -2.51. The van der Waals surface area contributed by atoms with Crippen LogP contribution in [0.1, 0.15) is 125 Å². The number of hydrogen-bond acceptors (Lipinski definition) is 6. The second-order valence-corrected chi connectivity index (χ2v) is 10.9. The van der Waals surface area contributed by atoms with Crippen molar-refractivity contribution >= 4 is 11.9 Å². The van der Waals surface area contributed by atoms with Gasteiger partial charge >= 0.3 is 11.9 Å². The maximum atomic E-state index is 13.4. The summed E-state index contributed by atoms with van der Waals surface area (Å²) in [6.07, 6.45) is 12.4. The van der Waals surface area contributed by atoms with E-state index in [1.165, 1.54) is 59.2 Å². The quantitative estimate of drug-likeness (QED) is 0.115. The summed E-state index contributed by atoms with van der Waals surface area (Å²) in [5.74, 6) is -0.792. The highest BCUT2D eigenvalue weighted by Crippen LogP contribution is 2.49. The molecule has 0 saturated heterocycles. The third-order valence-electron chi connectivity index (χ3n) is 7.90. The second-order valence-electron chi connectivity index (χ2n) is 10.9. The Morgan fingerprint density at radius 1 is 0.735 bits per heavy atom. The summed E-state index contributed by atoms with van der Waals surface area (Å²) < 4.78 is 15.9. The first kappa shape index (κ1) is 32.9. The van der Waals surface area contributed by atoms with Crippen molar-refractivity contribution in [3.8, 4) is 0 Å². The smallest absolute Gasteiger partial charge is 0.312 e.